The maximum absolute atomic E-state index is 12.5. The van der Waals surface area contributed by atoms with E-state index in [2.05, 4.69) is 16.0 Å². The highest BCUT2D eigenvalue weighted by Crippen LogP contribution is 2.20. The molecule has 2 aromatic carbocycles. The van der Waals surface area contributed by atoms with Gasteiger partial charge >= 0.3 is 0 Å². The van der Waals surface area contributed by atoms with Gasteiger partial charge in [0.1, 0.15) is 5.75 Å². The van der Waals surface area contributed by atoms with Crippen molar-refractivity contribution >= 4 is 29.1 Å². The first kappa shape index (κ1) is 19.0. The van der Waals surface area contributed by atoms with Crippen molar-refractivity contribution in [2.24, 2.45) is 0 Å². The molecule has 2 aromatic rings. The molecule has 7 nitrogen and oxygen atoms in total. The number of hydrogen-bond donors (Lipinski definition) is 3. The fraction of sp³-hybridized carbons (Fsp3) is 0.211. The van der Waals surface area contributed by atoms with Gasteiger partial charge in [0.15, 0.2) is 0 Å². The zero-order chi connectivity index (χ0) is 19.1. The number of carbonyl (C=O) groups is 3. The highest BCUT2D eigenvalue weighted by molar-refractivity contribution is 5.99. The van der Waals surface area contributed by atoms with Gasteiger partial charge in [-0.3, -0.25) is 14.4 Å². The molecule has 0 bridgehead atoms. The van der Waals surface area contributed by atoms with Gasteiger partial charge in [-0.2, -0.15) is 0 Å². The number of para-hydroxylation sites is 1. The third kappa shape index (κ3) is 5.34. The molecule has 0 saturated carbocycles. The maximum atomic E-state index is 12.5. The first-order valence-electron chi connectivity index (χ1n) is 7.99. The van der Waals surface area contributed by atoms with Crippen LogP contribution in [0.25, 0.3) is 0 Å². The van der Waals surface area contributed by atoms with Crippen molar-refractivity contribution in [3.63, 3.8) is 0 Å². The van der Waals surface area contributed by atoms with Crippen molar-refractivity contribution in [3.8, 4) is 5.75 Å². The topological polar surface area (TPSA) is 96.5 Å². The Labute approximate surface area is 151 Å². The van der Waals surface area contributed by atoms with Gasteiger partial charge in [-0.25, -0.2) is 0 Å². The number of nitrogens with one attached hydrogen (secondary N) is 3. The van der Waals surface area contributed by atoms with Gasteiger partial charge in [0.05, 0.1) is 7.11 Å². The molecule has 7 heteroatoms. The summed E-state index contributed by atoms with van der Waals surface area (Å²) in [5.41, 5.74) is 2.00. The van der Waals surface area contributed by atoms with Crippen LogP contribution in [0.1, 0.15) is 29.8 Å². The molecule has 136 valence electrons. The van der Waals surface area contributed by atoms with Gasteiger partial charge in [0, 0.05) is 42.9 Å². The number of benzene rings is 2. The molecule has 26 heavy (non-hydrogen) atoms. The van der Waals surface area contributed by atoms with Gasteiger partial charge in [-0.05, 0) is 24.3 Å². The van der Waals surface area contributed by atoms with E-state index in [0.717, 1.165) is 5.56 Å². The van der Waals surface area contributed by atoms with Crippen molar-refractivity contribution in [2.45, 2.75) is 20.4 Å². The minimum absolute atomic E-state index is 0.273. The summed E-state index contributed by atoms with van der Waals surface area (Å²) < 4.78 is 5.26. The highest BCUT2D eigenvalue weighted by atomic mass is 16.5. The first-order valence-corrected chi connectivity index (χ1v) is 7.99. The Morgan fingerprint density at radius 1 is 0.923 bits per heavy atom. The average molecular weight is 355 g/mol. The second-order valence-electron chi connectivity index (χ2n) is 5.66. The molecule has 0 fully saturated rings. The van der Waals surface area contributed by atoms with E-state index in [1.807, 2.05) is 24.3 Å². The van der Waals surface area contributed by atoms with Crippen LogP contribution in [0.5, 0.6) is 5.75 Å². The second-order valence-corrected chi connectivity index (χ2v) is 5.66. The number of methoxy groups -OCH3 is 1. The van der Waals surface area contributed by atoms with Crippen molar-refractivity contribution in [3.05, 3.63) is 53.6 Å². The fourth-order valence-corrected chi connectivity index (χ4v) is 2.44. The van der Waals surface area contributed by atoms with Gasteiger partial charge in [0.2, 0.25) is 11.8 Å². The maximum Gasteiger partial charge on any atom is 0.251 e. The number of rotatable bonds is 6. The molecule has 0 aromatic heterocycles. The molecule has 3 N–H and O–H groups in total. The third-order valence-electron chi connectivity index (χ3n) is 3.47. The third-order valence-corrected chi connectivity index (χ3v) is 3.47. The molecule has 3 amide bonds. The van der Waals surface area contributed by atoms with E-state index in [1.54, 1.807) is 25.3 Å². The smallest absolute Gasteiger partial charge is 0.251 e. The zero-order valence-corrected chi connectivity index (χ0v) is 14.9. The fourth-order valence-electron chi connectivity index (χ4n) is 2.44. The molecule has 0 aliphatic heterocycles. The Balaban J connectivity index is 2.20. The van der Waals surface area contributed by atoms with Gasteiger partial charge in [0.25, 0.3) is 5.91 Å². The molecular formula is C19H21N3O4. The number of carbonyl (C=O) groups excluding carboxylic acids is 3. The molecule has 0 aliphatic rings. The molecular weight excluding hydrogens is 334 g/mol. The van der Waals surface area contributed by atoms with Crippen molar-refractivity contribution in [1.82, 2.24) is 5.32 Å². The SMILES string of the molecule is COc1ccccc1CNC(=O)c1cc(NC(C)=O)cc(NC(C)=O)c1. The Hall–Kier alpha value is -3.35. The Morgan fingerprint density at radius 2 is 1.50 bits per heavy atom. The lowest BCUT2D eigenvalue weighted by atomic mass is 10.1. The molecule has 0 atom stereocenters. The van der Waals surface area contributed by atoms with Crippen molar-refractivity contribution in [1.29, 1.82) is 0 Å². The summed E-state index contributed by atoms with van der Waals surface area (Å²) in [6.45, 7) is 3.02. The van der Waals surface area contributed by atoms with E-state index in [-0.39, 0.29) is 24.3 Å². The first-order chi connectivity index (χ1) is 12.4. The van der Waals surface area contributed by atoms with Crippen LogP contribution in [0.4, 0.5) is 11.4 Å². The van der Waals surface area contributed by atoms with Crippen LogP contribution in [-0.4, -0.2) is 24.8 Å². The van der Waals surface area contributed by atoms with E-state index in [9.17, 15) is 14.4 Å². The lowest BCUT2D eigenvalue weighted by Crippen LogP contribution is -2.23. The standard InChI is InChI=1S/C19H21N3O4/c1-12(23)21-16-8-15(9-17(10-16)22-13(2)24)19(25)20-11-14-6-4-5-7-18(14)26-3/h4-10H,11H2,1-3H3,(H,20,25)(H,21,23)(H,22,24). The second kappa shape index (κ2) is 8.66. The Kier molecular flexibility index (Phi) is 6.32. The molecule has 0 radical (unpaired) electrons. The minimum atomic E-state index is -0.338. The van der Waals surface area contributed by atoms with Gasteiger partial charge in [-0.15, -0.1) is 0 Å². The van der Waals surface area contributed by atoms with E-state index >= 15 is 0 Å². The predicted molar refractivity (Wildman–Crippen MR) is 99.2 cm³/mol. The lowest BCUT2D eigenvalue weighted by molar-refractivity contribution is -0.115. The van der Waals surface area contributed by atoms with Crippen LogP contribution in [0.2, 0.25) is 0 Å². The molecule has 0 unspecified atom stereocenters. The van der Waals surface area contributed by atoms with Gasteiger partial charge < -0.3 is 20.7 Å². The van der Waals surface area contributed by atoms with E-state index < -0.39 is 0 Å². The summed E-state index contributed by atoms with van der Waals surface area (Å²) in [4.78, 5) is 35.1. The van der Waals surface area contributed by atoms with Crippen LogP contribution in [0.15, 0.2) is 42.5 Å². The summed E-state index contributed by atoms with van der Waals surface area (Å²) in [6.07, 6.45) is 0. The van der Waals surface area contributed by atoms with E-state index in [1.165, 1.54) is 13.8 Å². The minimum Gasteiger partial charge on any atom is -0.496 e. The van der Waals surface area contributed by atoms with Crippen LogP contribution >= 0.6 is 0 Å². The normalized spacial score (nSPS) is 9.96. The van der Waals surface area contributed by atoms with E-state index in [4.69, 9.17) is 4.74 Å². The summed E-state index contributed by atoms with van der Waals surface area (Å²) in [5, 5.41) is 8.04. The van der Waals surface area contributed by atoms with Gasteiger partial charge in [-0.1, -0.05) is 18.2 Å². The lowest BCUT2D eigenvalue weighted by Gasteiger charge is -2.12. The zero-order valence-electron chi connectivity index (χ0n) is 14.9. The number of hydrogen-bond acceptors (Lipinski definition) is 4. The number of ether oxygens (including phenoxy) is 1. The molecule has 0 heterocycles. The Bertz CT molecular complexity index is 799. The predicted octanol–water partition coefficient (Wildman–Crippen LogP) is 2.54. The Morgan fingerprint density at radius 3 is 2.04 bits per heavy atom. The highest BCUT2D eigenvalue weighted by Gasteiger charge is 2.11. The van der Waals surface area contributed by atoms with Crippen LogP contribution < -0.4 is 20.7 Å². The summed E-state index contributed by atoms with van der Waals surface area (Å²) in [5.74, 6) is -0.204. The van der Waals surface area contributed by atoms with Crippen molar-refractivity contribution < 1.29 is 19.1 Å². The van der Waals surface area contributed by atoms with Crippen LogP contribution in [0, 0.1) is 0 Å². The van der Waals surface area contributed by atoms with Crippen LogP contribution in [-0.2, 0) is 16.1 Å². The largest absolute Gasteiger partial charge is 0.496 e. The van der Waals surface area contributed by atoms with E-state index in [0.29, 0.717) is 22.7 Å². The van der Waals surface area contributed by atoms with Crippen LogP contribution in [0.3, 0.4) is 0 Å². The number of amides is 3. The molecule has 2 rings (SSSR count). The summed E-state index contributed by atoms with van der Waals surface area (Å²) >= 11 is 0. The van der Waals surface area contributed by atoms with Crippen molar-refractivity contribution in [2.75, 3.05) is 17.7 Å². The summed E-state index contributed by atoms with van der Waals surface area (Å²) in [6, 6.07) is 12.1. The average Bonchev–Trinajstić information content (AvgIpc) is 2.58. The quantitative estimate of drug-likeness (QED) is 0.742. The monoisotopic (exact) mass is 355 g/mol. The molecule has 0 saturated heterocycles. The molecule has 0 spiro atoms. The number of anilines is 2. The summed E-state index contributed by atoms with van der Waals surface area (Å²) in [7, 11) is 1.57. The molecule has 0 aliphatic carbocycles.